The molecule has 7 nitrogen and oxygen atoms in total. The number of hydrogen-bond acceptors (Lipinski definition) is 6. The molecule has 1 fully saturated rings. The summed E-state index contributed by atoms with van der Waals surface area (Å²) < 4.78 is 1.57. The van der Waals surface area contributed by atoms with E-state index < -0.39 is 0 Å². The number of rotatable bonds is 3. The zero-order valence-corrected chi connectivity index (χ0v) is 16.4. The number of amides is 1. The SMILES string of the molecule is O=C(c1cc(-c2cccc3cccnc23)cc(-n2cnnn2)c1)N1CCSCC1. The van der Waals surface area contributed by atoms with E-state index in [1.807, 2.05) is 65.2 Å². The van der Waals surface area contributed by atoms with Gasteiger partial charge in [0.05, 0.1) is 11.2 Å². The van der Waals surface area contributed by atoms with E-state index in [4.69, 9.17) is 0 Å². The summed E-state index contributed by atoms with van der Waals surface area (Å²) in [5.41, 5.74) is 4.16. The Morgan fingerprint density at radius 3 is 2.72 bits per heavy atom. The number of carbonyl (C=O) groups excluding carboxylic acids is 1. The van der Waals surface area contributed by atoms with E-state index in [2.05, 4.69) is 20.5 Å². The van der Waals surface area contributed by atoms with Crippen LogP contribution in [0.25, 0.3) is 27.7 Å². The molecule has 5 rings (SSSR count). The van der Waals surface area contributed by atoms with E-state index in [9.17, 15) is 4.79 Å². The third-order valence-corrected chi connectivity index (χ3v) is 5.96. The van der Waals surface area contributed by atoms with Crippen LogP contribution < -0.4 is 0 Å². The predicted molar refractivity (Wildman–Crippen MR) is 113 cm³/mol. The van der Waals surface area contributed by atoms with Crippen molar-refractivity contribution in [3.8, 4) is 16.8 Å². The van der Waals surface area contributed by atoms with Crippen molar-refractivity contribution in [1.82, 2.24) is 30.1 Å². The second-order valence-corrected chi connectivity index (χ2v) is 8.03. The highest BCUT2D eigenvalue weighted by atomic mass is 32.2. The van der Waals surface area contributed by atoms with Crippen molar-refractivity contribution in [3.05, 3.63) is 66.6 Å². The molecule has 0 radical (unpaired) electrons. The Labute approximate surface area is 171 Å². The van der Waals surface area contributed by atoms with Crippen LogP contribution in [0.3, 0.4) is 0 Å². The monoisotopic (exact) mass is 402 g/mol. The van der Waals surface area contributed by atoms with Gasteiger partial charge in [-0.05, 0) is 40.3 Å². The lowest BCUT2D eigenvalue weighted by molar-refractivity contribution is 0.0772. The normalized spacial score (nSPS) is 14.3. The van der Waals surface area contributed by atoms with Crippen LogP contribution >= 0.6 is 11.8 Å². The third-order valence-electron chi connectivity index (χ3n) is 5.02. The van der Waals surface area contributed by atoms with Crippen LogP contribution in [0.2, 0.25) is 0 Å². The Morgan fingerprint density at radius 2 is 1.90 bits per heavy atom. The number of pyridine rings is 1. The minimum atomic E-state index is 0.0367. The molecule has 1 amide bonds. The van der Waals surface area contributed by atoms with E-state index in [1.165, 1.54) is 6.33 Å². The van der Waals surface area contributed by atoms with Gasteiger partial charge < -0.3 is 4.90 Å². The molecule has 8 heteroatoms. The maximum atomic E-state index is 13.2. The average molecular weight is 402 g/mol. The van der Waals surface area contributed by atoms with Crippen LogP contribution in [0.5, 0.6) is 0 Å². The molecule has 2 aromatic heterocycles. The number of benzene rings is 2. The standard InChI is InChI=1S/C21H18N6OS/c28-21(26-7-9-29-10-8-26)17-11-16(12-18(13-17)27-14-23-24-25-27)19-5-1-3-15-4-2-6-22-20(15)19/h1-6,11-14H,7-10H2. The van der Waals surface area contributed by atoms with Gasteiger partial charge >= 0.3 is 0 Å². The van der Waals surface area contributed by atoms with Gasteiger partial charge in [0.25, 0.3) is 5.91 Å². The number of thioether (sulfide) groups is 1. The van der Waals surface area contributed by atoms with Crippen molar-refractivity contribution < 1.29 is 4.79 Å². The van der Waals surface area contributed by atoms with Gasteiger partial charge in [0.2, 0.25) is 0 Å². The number of aromatic nitrogens is 5. The third kappa shape index (κ3) is 3.47. The molecule has 0 spiro atoms. The summed E-state index contributed by atoms with van der Waals surface area (Å²) in [6.45, 7) is 1.54. The summed E-state index contributed by atoms with van der Waals surface area (Å²) in [5, 5.41) is 12.5. The molecule has 29 heavy (non-hydrogen) atoms. The predicted octanol–water partition coefficient (Wildman–Crippen LogP) is 3.07. The van der Waals surface area contributed by atoms with Gasteiger partial charge in [0.15, 0.2) is 0 Å². The molecule has 1 aliphatic rings. The molecule has 1 saturated heterocycles. The number of fused-ring (bicyclic) bond motifs is 1. The molecule has 4 aromatic rings. The van der Waals surface area contributed by atoms with E-state index in [-0.39, 0.29) is 5.91 Å². The first-order chi connectivity index (χ1) is 14.3. The molecule has 1 aliphatic heterocycles. The fourth-order valence-corrected chi connectivity index (χ4v) is 4.49. The van der Waals surface area contributed by atoms with Gasteiger partial charge in [-0.25, -0.2) is 4.68 Å². The highest BCUT2D eigenvalue weighted by Crippen LogP contribution is 2.30. The summed E-state index contributed by atoms with van der Waals surface area (Å²) in [6.07, 6.45) is 3.32. The first-order valence-electron chi connectivity index (χ1n) is 9.39. The fourth-order valence-electron chi connectivity index (χ4n) is 3.59. The molecule has 0 aliphatic carbocycles. The quantitative estimate of drug-likeness (QED) is 0.524. The first kappa shape index (κ1) is 17.8. The second kappa shape index (κ2) is 7.63. The zero-order chi connectivity index (χ0) is 19.6. The van der Waals surface area contributed by atoms with E-state index >= 15 is 0 Å². The lowest BCUT2D eigenvalue weighted by Gasteiger charge is -2.26. The van der Waals surface area contributed by atoms with Crippen LogP contribution in [0.1, 0.15) is 10.4 Å². The van der Waals surface area contributed by atoms with Gasteiger partial charge in [-0.3, -0.25) is 9.78 Å². The van der Waals surface area contributed by atoms with Crippen LogP contribution in [0.4, 0.5) is 0 Å². The summed E-state index contributed by atoms with van der Waals surface area (Å²) >= 11 is 1.88. The second-order valence-electron chi connectivity index (χ2n) is 6.81. The summed E-state index contributed by atoms with van der Waals surface area (Å²) in [5.74, 6) is 1.98. The Hall–Kier alpha value is -3.26. The van der Waals surface area contributed by atoms with Gasteiger partial charge in [0.1, 0.15) is 6.33 Å². The maximum Gasteiger partial charge on any atom is 0.254 e. The average Bonchev–Trinajstić information content (AvgIpc) is 3.33. The van der Waals surface area contributed by atoms with Crippen molar-refractivity contribution in [1.29, 1.82) is 0 Å². The minimum absolute atomic E-state index is 0.0367. The lowest BCUT2D eigenvalue weighted by Crippen LogP contribution is -2.37. The smallest absolute Gasteiger partial charge is 0.254 e. The Bertz CT molecular complexity index is 1170. The minimum Gasteiger partial charge on any atom is -0.337 e. The summed E-state index contributed by atoms with van der Waals surface area (Å²) in [6, 6.07) is 15.8. The molecule has 3 heterocycles. The van der Waals surface area contributed by atoms with E-state index in [0.29, 0.717) is 5.56 Å². The Morgan fingerprint density at radius 1 is 1.03 bits per heavy atom. The summed E-state index contributed by atoms with van der Waals surface area (Å²) in [4.78, 5) is 19.7. The number of tetrazole rings is 1. The van der Waals surface area contributed by atoms with Crippen LogP contribution in [-0.2, 0) is 0 Å². The van der Waals surface area contributed by atoms with Gasteiger partial charge in [0, 0.05) is 47.3 Å². The zero-order valence-electron chi connectivity index (χ0n) is 15.6. The maximum absolute atomic E-state index is 13.2. The van der Waals surface area contributed by atoms with Gasteiger partial charge in [-0.1, -0.05) is 24.3 Å². The molecule has 0 N–H and O–H groups in total. The topological polar surface area (TPSA) is 76.8 Å². The van der Waals surface area contributed by atoms with Crippen LogP contribution in [-0.4, -0.2) is 60.6 Å². The van der Waals surface area contributed by atoms with Crippen LogP contribution in [0, 0.1) is 0 Å². The molecule has 0 unspecified atom stereocenters. The van der Waals surface area contributed by atoms with Crippen molar-refractivity contribution >= 4 is 28.6 Å². The number of carbonyl (C=O) groups is 1. The number of nitrogens with zero attached hydrogens (tertiary/aromatic N) is 6. The van der Waals surface area contributed by atoms with Crippen molar-refractivity contribution in [2.75, 3.05) is 24.6 Å². The highest BCUT2D eigenvalue weighted by molar-refractivity contribution is 7.99. The molecule has 0 saturated carbocycles. The molecule has 2 aromatic carbocycles. The molecule has 0 atom stereocenters. The van der Waals surface area contributed by atoms with Crippen LogP contribution in [0.15, 0.2) is 61.1 Å². The highest BCUT2D eigenvalue weighted by Gasteiger charge is 2.20. The lowest BCUT2D eigenvalue weighted by atomic mass is 9.98. The van der Waals surface area contributed by atoms with Gasteiger partial charge in [-0.2, -0.15) is 11.8 Å². The summed E-state index contributed by atoms with van der Waals surface area (Å²) in [7, 11) is 0. The van der Waals surface area contributed by atoms with E-state index in [1.54, 1.807) is 10.9 Å². The molecular weight excluding hydrogens is 384 g/mol. The van der Waals surface area contributed by atoms with E-state index in [0.717, 1.165) is 52.3 Å². The number of hydrogen-bond donors (Lipinski definition) is 0. The largest absolute Gasteiger partial charge is 0.337 e. The first-order valence-corrected chi connectivity index (χ1v) is 10.5. The Kier molecular flexibility index (Phi) is 4.69. The molecule has 144 valence electrons. The number of para-hydroxylation sites is 1. The van der Waals surface area contributed by atoms with Crippen molar-refractivity contribution in [3.63, 3.8) is 0 Å². The van der Waals surface area contributed by atoms with Crippen molar-refractivity contribution in [2.45, 2.75) is 0 Å². The molecule has 0 bridgehead atoms. The van der Waals surface area contributed by atoms with Crippen molar-refractivity contribution in [2.24, 2.45) is 0 Å². The Balaban J connectivity index is 1.66. The molecular formula is C21H18N6OS. The fraction of sp³-hybridized carbons (Fsp3) is 0.190. The van der Waals surface area contributed by atoms with Gasteiger partial charge in [-0.15, -0.1) is 5.10 Å².